The first-order chi connectivity index (χ1) is 45.9. The quantitative estimate of drug-likeness (QED) is 0.146. The molecule has 9 nitrogen and oxygen atoms in total. The minimum Gasteiger partial charge on any atom is -0.258 e. The summed E-state index contributed by atoms with van der Waals surface area (Å²) >= 11 is 0. The lowest BCUT2D eigenvalue weighted by Gasteiger charge is -2.18. The van der Waals surface area contributed by atoms with Crippen molar-refractivity contribution in [3.63, 3.8) is 0 Å². The van der Waals surface area contributed by atoms with E-state index in [1.807, 2.05) is 20.8 Å². The second-order valence-electron chi connectivity index (χ2n) is 29.2. The van der Waals surface area contributed by atoms with E-state index in [2.05, 4.69) is 294 Å². The molecule has 9 heteroatoms. The number of pyridine rings is 3. The van der Waals surface area contributed by atoms with Crippen LogP contribution < -0.4 is 0 Å². The van der Waals surface area contributed by atoms with Crippen LogP contribution in [-0.2, 0) is 0 Å². The largest absolute Gasteiger partial charge is 0.258 e. The van der Waals surface area contributed by atoms with Gasteiger partial charge in [0.2, 0.25) is 0 Å². The van der Waals surface area contributed by atoms with Crippen molar-refractivity contribution in [2.45, 2.75) is 270 Å². The molecule has 0 N–H and O–H groups in total. The van der Waals surface area contributed by atoms with Gasteiger partial charge >= 0.3 is 0 Å². The number of aromatic nitrogens is 9. The highest BCUT2D eigenvalue weighted by atomic mass is 14.9. The SMILES string of the molecule is Cc1nc(C)c2c(C)c(C)c(C)c(C)c2c1C.Cc1nc(C)c2c(C)c(C)c(C)c(C)c2c1C.Cc1nc(C)c2c(C)c(C)c(C)c(C)c2c1C.Cc1nc(C)c2c(C)c(C)c(C)c(C)c2n1.Cc1nc(C)c2c(C)c(C)c(C)c(C)c2n1.Cc1nc(C)c2c(C)c(C)c(C)c(C)c2n1. The molecule has 0 bridgehead atoms. The number of hydrogen-bond acceptors (Lipinski definition) is 9. The van der Waals surface area contributed by atoms with Crippen molar-refractivity contribution >= 4 is 65.0 Å². The fourth-order valence-corrected chi connectivity index (χ4v) is 15.5. The van der Waals surface area contributed by atoms with Crippen molar-refractivity contribution in [2.75, 3.05) is 0 Å². The molecule has 0 saturated carbocycles. The Hall–Kier alpha value is -8.43. The average molecular weight is 1320 g/mol. The van der Waals surface area contributed by atoms with Gasteiger partial charge in [-0.3, -0.25) is 15.0 Å². The van der Waals surface area contributed by atoms with Gasteiger partial charge in [0.1, 0.15) is 17.5 Å². The van der Waals surface area contributed by atoms with Crippen molar-refractivity contribution < 1.29 is 0 Å². The Morgan fingerprint density at radius 2 is 0.242 bits per heavy atom. The van der Waals surface area contributed by atoms with Gasteiger partial charge in [-0.25, -0.2) is 29.9 Å². The fourth-order valence-electron chi connectivity index (χ4n) is 15.5. The zero-order valence-electron chi connectivity index (χ0n) is 68.5. The summed E-state index contributed by atoms with van der Waals surface area (Å²) < 4.78 is 0. The van der Waals surface area contributed by atoms with Crippen molar-refractivity contribution in [1.82, 2.24) is 44.9 Å². The summed E-state index contributed by atoms with van der Waals surface area (Å²) in [6.45, 7) is 83.9. The zero-order valence-corrected chi connectivity index (χ0v) is 68.5. The Balaban J connectivity index is 0.000000167. The fraction of sp³-hybridized carbons (Fsp3) is 0.433. The number of hydrogen-bond donors (Lipinski definition) is 0. The summed E-state index contributed by atoms with van der Waals surface area (Å²) in [5.74, 6) is 2.57. The lowest BCUT2D eigenvalue weighted by atomic mass is 9.89. The molecule has 12 aromatic rings. The predicted molar refractivity (Wildman–Crippen MR) is 429 cm³/mol. The Morgan fingerprint density at radius 3 is 0.424 bits per heavy atom. The highest BCUT2D eigenvalue weighted by Gasteiger charge is 2.21. The van der Waals surface area contributed by atoms with E-state index >= 15 is 0 Å². The van der Waals surface area contributed by atoms with E-state index < -0.39 is 0 Å². The summed E-state index contributed by atoms with van der Waals surface area (Å²) in [6.07, 6.45) is 0. The minimum atomic E-state index is 0.857. The third-order valence-electron chi connectivity index (χ3n) is 23.8. The number of benzene rings is 6. The average Bonchev–Trinajstić information content (AvgIpc) is 0.752. The maximum Gasteiger partial charge on any atom is 0.126 e. The molecule has 0 spiro atoms. The number of aryl methyl sites for hydroxylation is 27. The first-order valence-corrected chi connectivity index (χ1v) is 35.5. The van der Waals surface area contributed by atoms with Gasteiger partial charge < -0.3 is 0 Å². The number of nitrogens with zero attached hydrogens (tertiary/aromatic N) is 9. The molecule has 522 valence electrons. The highest BCUT2D eigenvalue weighted by Crippen LogP contribution is 2.38. The van der Waals surface area contributed by atoms with Crippen molar-refractivity contribution in [2.24, 2.45) is 0 Å². The third-order valence-corrected chi connectivity index (χ3v) is 23.8. The summed E-state index contributed by atoms with van der Waals surface area (Å²) in [5.41, 5.74) is 50.3. The molecule has 12 rings (SSSR count). The van der Waals surface area contributed by atoms with Crippen LogP contribution in [0.25, 0.3) is 65.0 Å². The van der Waals surface area contributed by atoms with Crippen molar-refractivity contribution in [1.29, 1.82) is 0 Å². The Bertz CT molecular complexity index is 4800. The van der Waals surface area contributed by atoms with Gasteiger partial charge in [0, 0.05) is 83.6 Å². The van der Waals surface area contributed by atoms with Crippen LogP contribution in [0.2, 0.25) is 0 Å². The number of fused-ring (bicyclic) bond motifs is 6. The molecule has 0 fully saturated rings. The predicted octanol–water partition coefficient (Wildman–Crippen LogP) is 23.6. The molecular formula is C90H117N9. The van der Waals surface area contributed by atoms with Gasteiger partial charge in [-0.15, -0.1) is 0 Å². The van der Waals surface area contributed by atoms with Gasteiger partial charge in [-0.1, -0.05) is 0 Å². The lowest BCUT2D eigenvalue weighted by Crippen LogP contribution is -2.01. The molecule has 0 atom stereocenters. The summed E-state index contributed by atoms with van der Waals surface area (Å²) in [6, 6.07) is 0. The molecule has 6 aromatic carbocycles. The van der Waals surface area contributed by atoms with Crippen molar-refractivity contribution in [3.05, 3.63) is 219 Å². The topological polar surface area (TPSA) is 116 Å². The normalized spacial score (nSPS) is 11.2. The molecule has 0 amide bonds. The smallest absolute Gasteiger partial charge is 0.126 e. The molecule has 0 unspecified atom stereocenters. The van der Waals surface area contributed by atoms with Crippen LogP contribution in [0, 0.1) is 270 Å². The third kappa shape index (κ3) is 14.2. The maximum absolute atomic E-state index is 4.67. The summed E-state index contributed by atoms with van der Waals surface area (Å²) in [5, 5.41) is 12.0. The van der Waals surface area contributed by atoms with Crippen molar-refractivity contribution in [3.8, 4) is 0 Å². The molecule has 6 heterocycles. The summed E-state index contributed by atoms with van der Waals surface area (Å²) in [4.78, 5) is 41.2. The van der Waals surface area contributed by atoms with E-state index in [0.29, 0.717) is 0 Å². The van der Waals surface area contributed by atoms with E-state index in [1.54, 1.807) is 0 Å². The highest BCUT2D eigenvalue weighted by molar-refractivity contribution is 5.98. The molecular weight excluding hydrogens is 1210 g/mol. The molecule has 0 aliphatic carbocycles. The molecule has 0 aliphatic rings. The maximum atomic E-state index is 4.67. The second-order valence-corrected chi connectivity index (χ2v) is 29.2. The van der Waals surface area contributed by atoms with E-state index in [0.717, 1.165) is 85.3 Å². The van der Waals surface area contributed by atoms with E-state index in [1.165, 1.54) is 199 Å². The number of rotatable bonds is 0. The van der Waals surface area contributed by atoms with Gasteiger partial charge in [0.15, 0.2) is 0 Å². The first-order valence-electron chi connectivity index (χ1n) is 35.5. The molecule has 0 radical (unpaired) electrons. The van der Waals surface area contributed by atoms with Gasteiger partial charge in [-0.2, -0.15) is 0 Å². The van der Waals surface area contributed by atoms with Gasteiger partial charge in [-0.05, 0) is 436 Å². The zero-order chi connectivity index (χ0) is 74.8. The van der Waals surface area contributed by atoms with Gasteiger partial charge in [0.25, 0.3) is 0 Å². The summed E-state index contributed by atoms with van der Waals surface area (Å²) in [7, 11) is 0. The van der Waals surface area contributed by atoms with Crippen LogP contribution in [0.5, 0.6) is 0 Å². The Labute approximate surface area is 595 Å². The molecule has 0 saturated heterocycles. The van der Waals surface area contributed by atoms with Crippen LogP contribution >= 0.6 is 0 Å². The van der Waals surface area contributed by atoms with E-state index in [9.17, 15) is 0 Å². The van der Waals surface area contributed by atoms with Gasteiger partial charge in [0.05, 0.1) is 16.6 Å². The van der Waals surface area contributed by atoms with E-state index in [-0.39, 0.29) is 0 Å². The van der Waals surface area contributed by atoms with Crippen LogP contribution in [0.15, 0.2) is 0 Å². The van der Waals surface area contributed by atoms with Crippen LogP contribution in [0.1, 0.15) is 219 Å². The van der Waals surface area contributed by atoms with Crippen LogP contribution in [-0.4, -0.2) is 44.9 Å². The minimum absolute atomic E-state index is 0.857. The van der Waals surface area contributed by atoms with E-state index in [4.69, 9.17) is 0 Å². The Morgan fingerprint density at radius 1 is 0.101 bits per heavy atom. The molecule has 6 aromatic heterocycles. The monoisotopic (exact) mass is 1320 g/mol. The first kappa shape index (κ1) is 77.9. The van der Waals surface area contributed by atoms with Crippen LogP contribution in [0.3, 0.4) is 0 Å². The Kier molecular flexibility index (Phi) is 23.4. The second kappa shape index (κ2) is 29.8. The lowest BCUT2D eigenvalue weighted by molar-refractivity contribution is 1.04. The molecule has 0 aliphatic heterocycles. The molecule has 99 heavy (non-hydrogen) atoms. The van der Waals surface area contributed by atoms with Crippen LogP contribution in [0.4, 0.5) is 0 Å². The standard InChI is InChI=1S/3C16H21N.3C14H18N2/c3*1-8-9(2)11(4)16-14(7)17-13(6)12(5)15(16)10(8)3;3*1-7-8(2)10(4)14-13(9(7)3)11(5)15-12(6)16-14/h3*1-7H3;3*1-6H3.